The van der Waals surface area contributed by atoms with E-state index in [1.54, 1.807) is 6.92 Å². The van der Waals surface area contributed by atoms with Crippen LogP contribution in [-0.4, -0.2) is 23.1 Å². The number of aliphatic hydroxyl groups excluding tert-OH is 1. The Balaban J connectivity index is 1.60. The number of rotatable bonds is 3. The van der Waals surface area contributed by atoms with E-state index in [4.69, 9.17) is 4.89 Å². The largest absolute Gasteiger partial charge is 0.692 e. The molecule has 9 atom stereocenters. The van der Waals surface area contributed by atoms with Gasteiger partial charge in [-0.25, -0.2) is 4.89 Å². The first-order valence-electron chi connectivity index (χ1n) is 10.4. The molecule has 4 aliphatic carbocycles. The van der Waals surface area contributed by atoms with Crippen LogP contribution in [0.5, 0.6) is 0 Å². The quantitative estimate of drug-likeness (QED) is 0.614. The Morgan fingerprint density at radius 1 is 1.00 bits per heavy atom. The van der Waals surface area contributed by atoms with Crippen LogP contribution < -0.4 is 5.26 Å². The second-order valence-electron chi connectivity index (χ2n) is 10.1. The molecule has 0 radical (unpaired) electrons. The molecule has 0 bridgehead atoms. The van der Waals surface area contributed by atoms with E-state index in [9.17, 15) is 15.2 Å². The summed E-state index contributed by atoms with van der Waals surface area (Å²) in [5.41, 5.74) is 0.216. The van der Waals surface area contributed by atoms with Crippen molar-refractivity contribution in [2.45, 2.75) is 84.3 Å². The monoisotopic (exact) mass is 365 g/mol. The Morgan fingerprint density at radius 2 is 1.69 bits per heavy atom. The molecule has 5 nitrogen and oxygen atoms in total. The van der Waals surface area contributed by atoms with Crippen LogP contribution in [0.2, 0.25) is 0 Å². The van der Waals surface area contributed by atoms with E-state index in [2.05, 4.69) is 18.9 Å². The van der Waals surface area contributed by atoms with Gasteiger partial charge in [-0.15, -0.1) is 0 Å². The smallest absolute Gasteiger partial charge is 0.133 e. The molecular formula is C21H33O5-. The fourth-order valence-electron chi connectivity index (χ4n) is 8.07. The highest BCUT2D eigenvalue weighted by molar-refractivity contribution is 5.79. The Morgan fingerprint density at radius 3 is 2.38 bits per heavy atom. The van der Waals surface area contributed by atoms with Crippen LogP contribution >= 0.6 is 0 Å². The fraction of sp³-hybridized carbons (Fsp3) is 0.952. The lowest BCUT2D eigenvalue weighted by Gasteiger charge is -2.62. The van der Waals surface area contributed by atoms with Gasteiger partial charge in [0, 0.05) is 5.92 Å². The maximum atomic E-state index is 12.2. The van der Waals surface area contributed by atoms with Crippen LogP contribution in [0.1, 0.15) is 72.1 Å². The lowest BCUT2D eigenvalue weighted by atomic mass is 9.44. The Bertz CT molecular complexity index is 565. The number of carbonyl (C=O) groups is 1. The minimum Gasteiger partial charge on any atom is -0.692 e. The highest BCUT2D eigenvalue weighted by Crippen LogP contribution is 2.67. The van der Waals surface area contributed by atoms with Crippen molar-refractivity contribution >= 4 is 5.78 Å². The van der Waals surface area contributed by atoms with Gasteiger partial charge < -0.3 is 10.4 Å². The fourth-order valence-corrected chi connectivity index (χ4v) is 8.07. The van der Waals surface area contributed by atoms with Crippen molar-refractivity contribution in [3.63, 3.8) is 0 Å². The predicted octanol–water partition coefficient (Wildman–Crippen LogP) is 2.80. The molecule has 0 amide bonds. The van der Waals surface area contributed by atoms with Crippen LogP contribution in [0.15, 0.2) is 0 Å². The number of aliphatic hydroxyl groups is 1. The zero-order chi connectivity index (χ0) is 18.7. The van der Waals surface area contributed by atoms with Gasteiger partial charge in [0.2, 0.25) is 0 Å². The standard InChI is InChI=1S/C21H34O5/c1-12(22)15-4-5-16-14-11-19(23)18-10-13(25-26-24)6-8-21(18,3)17(14)7-9-20(15,16)2/h13-19,23-24H,4-11H2,1-3H3/p-1/t13-,14?,15+,16?,17?,18+,19-,20+,21+/m0/s1. The minimum atomic E-state index is -0.349. The average Bonchev–Trinajstić information content (AvgIpc) is 2.94. The lowest BCUT2D eigenvalue weighted by Crippen LogP contribution is -2.58. The van der Waals surface area contributed by atoms with E-state index < -0.39 is 0 Å². The zero-order valence-corrected chi connectivity index (χ0v) is 16.3. The molecule has 0 aliphatic heterocycles. The number of ketones is 1. The molecule has 0 spiro atoms. The molecule has 26 heavy (non-hydrogen) atoms. The summed E-state index contributed by atoms with van der Waals surface area (Å²) >= 11 is 0. The first-order chi connectivity index (χ1) is 12.3. The molecule has 0 aromatic rings. The molecule has 0 heterocycles. The second-order valence-corrected chi connectivity index (χ2v) is 10.1. The average molecular weight is 365 g/mol. The van der Waals surface area contributed by atoms with Crippen molar-refractivity contribution in [1.82, 2.24) is 0 Å². The van der Waals surface area contributed by atoms with E-state index in [0.717, 1.165) is 44.9 Å². The van der Waals surface area contributed by atoms with E-state index >= 15 is 0 Å². The van der Waals surface area contributed by atoms with Crippen LogP contribution in [0.4, 0.5) is 0 Å². The van der Waals surface area contributed by atoms with Gasteiger partial charge in [-0.05, 0) is 92.8 Å². The summed E-state index contributed by atoms with van der Waals surface area (Å²) in [7, 11) is 0. The molecule has 0 aromatic carbocycles. The molecule has 3 unspecified atom stereocenters. The van der Waals surface area contributed by atoms with Gasteiger partial charge in [-0.2, -0.15) is 0 Å². The summed E-state index contributed by atoms with van der Waals surface area (Å²) < 4.78 is 0. The number of fused-ring (bicyclic) bond motifs is 5. The van der Waals surface area contributed by atoms with Crippen LogP contribution in [0.25, 0.3) is 0 Å². The predicted molar refractivity (Wildman–Crippen MR) is 93.2 cm³/mol. The van der Waals surface area contributed by atoms with Crippen LogP contribution in [-0.2, 0) is 14.7 Å². The Hall–Kier alpha value is -0.490. The summed E-state index contributed by atoms with van der Waals surface area (Å²) in [6.07, 6.45) is 7.24. The van der Waals surface area contributed by atoms with Crippen molar-refractivity contribution in [3.8, 4) is 0 Å². The molecule has 1 N–H and O–H groups in total. The minimum absolute atomic E-state index is 0.0979. The third kappa shape index (κ3) is 2.61. The normalized spacial score (nSPS) is 53.5. The maximum absolute atomic E-state index is 12.2. The van der Waals surface area contributed by atoms with Gasteiger partial charge in [0.15, 0.2) is 0 Å². The summed E-state index contributed by atoms with van der Waals surface area (Å²) in [4.78, 5) is 17.1. The van der Waals surface area contributed by atoms with Crippen molar-refractivity contribution < 1.29 is 25.1 Å². The molecule has 0 aromatic heterocycles. The third-order valence-corrected chi connectivity index (χ3v) is 9.30. The van der Waals surface area contributed by atoms with Crippen molar-refractivity contribution in [3.05, 3.63) is 0 Å². The SMILES string of the molecule is CC(=O)[C@H]1CCC2C3C[C@H](O)[C@H]4C[C@@H](OO[O-])CC[C@]4(C)C3CC[C@@]21C. The topological polar surface area (TPSA) is 78.8 Å². The van der Waals surface area contributed by atoms with Gasteiger partial charge in [-0.3, -0.25) is 9.83 Å². The Labute approximate surface area is 156 Å². The third-order valence-electron chi connectivity index (χ3n) is 9.30. The van der Waals surface area contributed by atoms with Crippen molar-refractivity contribution in [1.29, 1.82) is 0 Å². The molecule has 148 valence electrons. The Kier molecular flexibility index (Phi) is 4.74. The van der Waals surface area contributed by atoms with E-state index in [0.29, 0.717) is 30.0 Å². The summed E-state index contributed by atoms with van der Waals surface area (Å²) in [5.74, 6) is 2.41. The van der Waals surface area contributed by atoms with Crippen LogP contribution in [0.3, 0.4) is 0 Å². The first kappa shape index (κ1) is 18.9. The van der Waals surface area contributed by atoms with Gasteiger partial charge in [0.1, 0.15) is 5.78 Å². The zero-order valence-electron chi connectivity index (χ0n) is 16.3. The van der Waals surface area contributed by atoms with Crippen molar-refractivity contribution in [2.75, 3.05) is 0 Å². The number of Topliss-reactive ketones (excluding diaryl/α,β-unsaturated/α-hetero) is 1. The second kappa shape index (κ2) is 6.54. The van der Waals surface area contributed by atoms with Gasteiger partial charge >= 0.3 is 0 Å². The molecule has 5 heteroatoms. The molecule has 4 aliphatic rings. The first-order valence-corrected chi connectivity index (χ1v) is 10.4. The summed E-state index contributed by atoms with van der Waals surface area (Å²) in [6.45, 7) is 6.45. The van der Waals surface area contributed by atoms with Gasteiger partial charge in [0.05, 0.1) is 12.2 Å². The van der Waals surface area contributed by atoms with E-state index in [-0.39, 0.29) is 34.9 Å². The van der Waals surface area contributed by atoms with Gasteiger partial charge in [0.25, 0.3) is 0 Å². The number of hydrogen-bond acceptors (Lipinski definition) is 5. The summed E-state index contributed by atoms with van der Waals surface area (Å²) in [5, 5.41) is 25.1. The van der Waals surface area contributed by atoms with Crippen LogP contribution in [0, 0.1) is 40.4 Å². The maximum Gasteiger partial charge on any atom is 0.133 e. The van der Waals surface area contributed by atoms with Crippen molar-refractivity contribution in [2.24, 2.45) is 40.4 Å². The lowest BCUT2D eigenvalue weighted by molar-refractivity contribution is -0.805. The summed E-state index contributed by atoms with van der Waals surface area (Å²) in [6, 6.07) is 0. The van der Waals surface area contributed by atoms with E-state index in [1.807, 2.05) is 0 Å². The molecule has 4 saturated carbocycles. The number of carbonyl (C=O) groups excluding carboxylic acids is 1. The van der Waals surface area contributed by atoms with Gasteiger partial charge in [-0.1, -0.05) is 13.8 Å². The molecule has 4 rings (SSSR count). The van der Waals surface area contributed by atoms with E-state index in [1.165, 1.54) is 0 Å². The highest BCUT2D eigenvalue weighted by atomic mass is 17.5. The molecule has 0 saturated heterocycles. The number of hydrogen-bond donors (Lipinski definition) is 1. The molecular weight excluding hydrogens is 332 g/mol. The highest BCUT2D eigenvalue weighted by Gasteiger charge is 2.62. The molecule has 4 fully saturated rings.